The van der Waals surface area contributed by atoms with Crippen LogP contribution < -0.4 is 21.3 Å². The van der Waals surface area contributed by atoms with Crippen LogP contribution >= 0.6 is 0 Å². The van der Waals surface area contributed by atoms with Crippen LogP contribution in [0, 0.1) is 0 Å². The van der Waals surface area contributed by atoms with E-state index in [-0.39, 0.29) is 23.0 Å². The van der Waals surface area contributed by atoms with Crippen molar-refractivity contribution < 1.29 is 9.84 Å². The summed E-state index contributed by atoms with van der Waals surface area (Å²) in [6.07, 6.45) is 1.79. The molecule has 3 heterocycles. The van der Waals surface area contributed by atoms with Gasteiger partial charge in [-0.1, -0.05) is 18.2 Å². The summed E-state index contributed by atoms with van der Waals surface area (Å²) >= 11 is 0. The van der Waals surface area contributed by atoms with E-state index in [1.807, 2.05) is 41.8 Å². The summed E-state index contributed by atoms with van der Waals surface area (Å²) in [5.74, 6) is 0.441. The molecule has 8 nitrogen and oxygen atoms in total. The number of hydrogen-bond donors (Lipinski definition) is 2. The molecule has 2 aromatic carbocycles. The van der Waals surface area contributed by atoms with Crippen molar-refractivity contribution in [2.45, 2.75) is 13.0 Å². The normalized spacial score (nSPS) is 14.7. The van der Waals surface area contributed by atoms with Crippen molar-refractivity contribution >= 4 is 16.6 Å². The van der Waals surface area contributed by atoms with Crippen LogP contribution in [0.5, 0.6) is 11.5 Å². The number of ether oxygens (including phenoxy) is 1. The maximum Gasteiger partial charge on any atom is 0.331 e. The fraction of sp³-hybridized carbons (Fsp3) is 0.217. The third-order valence-corrected chi connectivity index (χ3v) is 5.81. The zero-order valence-corrected chi connectivity index (χ0v) is 17.4. The first-order chi connectivity index (χ1) is 14.9. The van der Waals surface area contributed by atoms with Crippen LogP contribution in [-0.2, 0) is 14.1 Å². The van der Waals surface area contributed by atoms with Gasteiger partial charge in [0.25, 0.3) is 5.56 Å². The number of phenolic OH excluding ortho intramolecular Hbond substituents is 1. The van der Waals surface area contributed by atoms with E-state index in [2.05, 4.69) is 5.32 Å². The first-order valence-corrected chi connectivity index (χ1v) is 10.0. The quantitative estimate of drug-likeness (QED) is 0.534. The maximum absolute atomic E-state index is 12.9. The molecule has 0 fully saturated rings. The SMILES string of the molecule is CCOc1cc([C@H]2Nc3ccccc3-n3cc4c(=O)n(C)c(=O)n(C)c4c32)ccc1O. The third kappa shape index (κ3) is 2.68. The lowest BCUT2D eigenvalue weighted by Gasteiger charge is -2.30. The Bertz CT molecular complexity index is 1460. The van der Waals surface area contributed by atoms with Crippen LogP contribution in [0.25, 0.3) is 16.6 Å². The van der Waals surface area contributed by atoms with Crippen molar-refractivity contribution in [3.63, 3.8) is 0 Å². The molecule has 0 saturated heterocycles. The fourth-order valence-electron chi connectivity index (χ4n) is 4.34. The number of phenols is 1. The van der Waals surface area contributed by atoms with Gasteiger partial charge in [-0.05, 0) is 36.8 Å². The maximum atomic E-state index is 12.9. The molecule has 1 aliphatic rings. The van der Waals surface area contributed by atoms with E-state index in [0.717, 1.165) is 27.2 Å². The molecular weight excluding hydrogens is 396 g/mol. The Labute approximate surface area is 177 Å². The smallest absolute Gasteiger partial charge is 0.331 e. The second-order valence-corrected chi connectivity index (χ2v) is 7.61. The number of hydrogen-bond acceptors (Lipinski definition) is 5. The summed E-state index contributed by atoms with van der Waals surface area (Å²) in [6.45, 7) is 2.27. The first kappa shape index (κ1) is 19.0. The largest absolute Gasteiger partial charge is 0.504 e. The first-order valence-electron chi connectivity index (χ1n) is 10.0. The molecule has 1 aliphatic heterocycles. The topological polar surface area (TPSA) is 90.4 Å². The number of aromatic nitrogens is 3. The molecule has 158 valence electrons. The molecule has 31 heavy (non-hydrogen) atoms. The minimum absolute atomic E-state index is 0.0586. The van der Waals surface area contributed by atoms with E-state index in [1.54, 1.807) is 25.4 Å². The summed E-state index contributed by atoms with van der Waals surface area (Å²) in [6, 6.07) is 12.6. The number of fused-ring (bicyclic) bond motifs is 5. The van der Waals surface area contributed by atoms with Crippen molar-refractivity contribution in [3.8, 4) is 17.2 Å². The summed E-state index contributed by atoms with van der Waals surface area (Å²) < 4.78 is 10.2. The van der Waals surface area contributed by atoms with Gasteiger partial charge in [0.05, 0.1) is 40.6 Å². The zero-order chi connectivity index (χ0) is 21.9. The lowest BCUT2D eigenvalue weighted by molar-refractivity contribution is 0.317. The van der Waals surface area contributed by atoms with Gasteiger partial charge in [0.2, 0.25) is 0 Å². The number of nitrogens with zero attached hydrogens (tertiary/aromatic N) is 3. The zero-order valence-electron chi connectivity index (χ0n) is 17.4. The Hall–Kier alpha value is -3.94. The van der Waals surface area contributed by atoms with Crippen LogP contribution in [0.4, 0.5) is 5.69 Å². The van der Waals surface area contributed by atoms with Gasteiger partial charge in [-0.2, -0.15) is 0 Å². The Morgan fingerprint density at radius 2 is 1.87 bits per heavy atom. The standard InChI is InChI=1S/C23H22N4O4/c1-4-31-18-11-13(9-10-17(18)28)19-21-20-14(22(29)26(3)23(30)25(20)2)12-27(21)16-8-6-5-7-15(16)24-19/h5-12,19,24,28H,4H2,1-3H3/t19-/m1/s1. The average Bonchev–Trinajstić information content (AvgIpc) is 3.18. The van der Waals surface area contributed by atoms with Crippen molar-refractivity contribution in [1.29, 1.82) is 0 Å². The molecule has 0 saturated carbocycles. The minimum Gasteiger partial charge on any atom is -0.504 e. The van der Waals surface area contributed by atoms with Crippen LogP contribution in [0.15, 0.2) is 58.3 Å². The van der Waals surface area contributed by atoms with Crippen molar-refractivity contribution in [2.75, 3.05) is 11.9 Å². The lowest BCUT2D eigenvalue weighted by Crippen LogP contribution is -2.37. The summed E-state index contributed by atoms with van der Waals surface area (Å²) in [7, 11) is 3.16. The van der Waals surface area contributed by atoms with E-state index >= 15 is 0 Å². The number of rotatable bonds is 3. The van der Waals surface area contributed by atoms with E-state index in [4.69, 9.17) is 4.74 Å². The summed E-state index contributed by atoms with van der Waals surface area (Å²) in [5.41, 5.74) is 3.26. The van der Waals surface area contributed by atoms with Gasteiger partial charge in [-0.25, -0.2) is 4.79 Å². The van der Waals surface area contributed by atoms with E-state index < -0.39 is 0 Å². The molecular formula is C23H22N4O4. The molecule has 1 atom stereocenters. The monoisotopic (exact) mass is 418 g/mol. The predicted molar refractivity (Wildman–Crippen MR) is 118 cm³/mol. The van der Waals surface area contributed by atoms with Crippen LogP contribution in [0.1, 0.15) is 24.2 Å². The van der Waals surface area contributed by atoms with Crippen molar-refractivity contribution in [2.24, 2.45) is 14.1 Å². The van der Waals surface area contributed by atoms with Gasteiger partial charge in [-0.15, -0.1) is 0 Å². The van der Waals surface area contributed by atoms with E-state index in [9.17, 15) is 14.7 Å². The van der Waals surface area contributed by atoms with Crippen LogP contribution in [0.2, 0.25) is 0 Å². The second-order valence-electron chi connectivity index (χ2n) is 7.61. The number of para-hydroxylation sites is 2. The minimum atomic E-state index is -0.384. The van der Waals surface area contributed by atoms with Gasteiger partial charge in [0, 0.05) is 20.3 Å². The molecule has 0 radical (unpaired) electrons. The Morgan fingerprint density at radius 1 is 1.10 bits per heavy atom. The van der Waals surface area contributed by atoms with Gasteiger partial charge < -0.3 is 19.7 Å². The third-order valence-electron chi connectivity index (χ3n) is 5.81. The Kier molecular flexibility index (Phi) is 4.18. The van der Waals surface area contributed by atoms with Gasteiger partial charge >= 0.3 is 5.69 Å². The molecule has 2 N–H and O–H groups in total. The number of aromatic hydroxyl groups is 1. The number of nitrogens with one attached hydrogen (secondary N) is 1. The van der Waals surface area contributed by atoms with Gasteiger partial charge in [0.1, 0.15) is 0 Å². The van der Waals surface area contributed by atoms with Crippen LogP contribution in [0.3, 0.4) is 0 Å². The molecule has 4 aromatic rings. The number of aryl methyl sites for hydroxylation is 1. The van der Waals surface area contributed by atoms with Crippen molar-refractivity contribution in [1.82, 2.24) is 13.7 Å². The fourth-order valence-corrected chi connectivity index (χ4v) is 4.34. The molecule has 5 rings (SSSR count). The van der Waals surface area contributed by atoms with Crippen LogP contribution in [-0.4, -0.2) is 25.4 Å². The summed E-state index contributed by atoms with van der Waals surface area (Å²) in [4.78, 5) is 25.6. The molecule has 0 aliphatic carbocycles. The highest BCUT2D eigenvalue weighted by Gasteiger charge is 2.31. The second kappa shape index (κ2) is 6.80. The van der Waals surface area contributed by atoms with Crippen molar-refractivity contribution in [3.05, 3.63) is 80.8 Å². The molecule has 8 heteroatoms. The highest BCUT2D eigenvalue weighted by Crippen LogP contribution is 2.42. The Morgan fingerprint density at radius 3 is 2.65 bits per heavy atom. The number of benzene rings is 2. The number of anilines is 1. The Balaban J connectivity index is 1.87. The highest BCUT2D eigenvalue weighted by molar-refractivity contribution is 5.86. The van der Waals surface area contributed by atoms with Gasteiger partial charge in [0.15, 0.2) is 11.5 Å². The summed E-state index contributed by atoms with van der Waals surface area (Å²) in [5, 5.41) is 14.2. The predicted octanol–water partition coefficient (Wildman–Crippen LogP) is 2.65. The lowest BCUT2D eigenvalue weighted by atomic mass is 9.99. The molecule has 2 aromatic heterocycles. The molecule has 0 spiro atoms. The van der Waals surface area contributed by atoms with E-state index in [1.165, 1.54) is 11.6 Å². The molecule has 0 amide bonds. The molecule has 0 bridgehead atoms. The highest BCUT2D eigenvalue weighted by atomic mass is 16.5. The molecule has 0 unspecified atom stereocenters. The van der Waals surface area contributed by atoms with Gasteiger partial charge in [-0.3, -0.25) is 13.9 Å². The van der Waals surface area contributed by atoms with E-state index in [0.29, 0.717) is 23.3 Å². The average molecular weight is 418 g/mol.